The van der Waals surface area contributed by atoms with Crippen LogP contribution in [0.15, 0.2) is 12.1 Å². The molecule has 108 valence electrons. The van der Waals surface area contributed by atoms with Gasteiger partial charge in [0.2, 0.25) is 0 Å². The highest BCUT2D eigenvalue weighted by Gasteiger charge is 2.47. The lowest BCUT2D eigenvalue weighted by Crippen LogP contribution is -2.45. The molecule has 0 saturated heterocycles. The van der Waals surface area contributed by atoms with Gasteiger partial charge in [0.25, 0.3) is 5.79 Å². The largest absolute Gasteiger partial charge is 0.481 e. The maximum Gasteiger partial charge on any atom is 0.304 e. The third-order valence-electron chi connectivity index (χ3n) is 4.06. The van der Waals surface area contributed by atoms with E-state index >= 15 is 0 Å². The second-order valence-electron chi connectivity index (χ2n) is 6.20. The number of carboxylic acids is 1. The molecular formula is C15H17ClO4. The molecule has 1 saturated carbocycles. The molecule has 0 unspecified atom stereocenters. The number of halogens is 1. The molecule has 3 rings (SSSR count). The molecular weight excluding hydrogens is 280 g/mol. The SMILES string of the molecule is CC(C)(CC(=O)O)c1cc2c(cc1Cl)OC1(CCC1)O2. The van der Waals surface area contributed by atoms with Crippen LogP contribution in [0.3, 0.4) is 0 Å². The predicted molar refractivity (Wildman–Crippen MR) is 74.6 cm³/mol. The van der Waals surface area contributed by atoms with Crippen LogP contribution < -0.4 is 9.47 Å². The summed E-state index contributed by atoms with van der Waals surface area (Å²) in [6, 6.07) is 3.57. The van der Waals surface area contributed by atoms with Gasteiger partial charge in [0.05, 0.1) is 6.42 Å². The molecule has 1 spiro atoms. The summed E-state index contributed by atoms with van der Waals surface area (Å²) in [5, 5.41) is 9.55. The fraction of sp³-hybridized carbons (Fsp3) is 0.533. The topological polar surface area (TPSA) is 55.8 Å². The van der Waals surface area contributed by atoms with Crippen LogP contribution in [0.5, 0.6) is 11.5 Å². The van der Waals surface area contributed by atoms with E-state index in [0.717, 1.165) is 24.8 Å². The lowest BCUT2D eigenvalue weighted by Gasteiger charge is -2.35. The van der Waals surface area contributed by atoms with Crippen LogP contribution in [0.25, 0.3) is 0 Å². The first kappa shape index (κ1) is 13.6. The maximum absolute atomic E-state index is 11.0. The zero-order valence-corrected chi connectivity index (χ0v) is 12.3. The van der Waals surface area contributed by atoms with Crippen molar-refractivity contribution in [3.05, 3.63) is 22.7 Å². The van der Waals surface area contributed by atoms with Gasteiger partial charge >= 0.3 is 5.97 Å². The van der Waals surface area contributed by atoms with E-state index in [-0.39, 0.29) is 6.42 Å². The second-order valence-corrected chi connectivity index (χ2v) is 6.61. The van der Waals surface area contributed by atoms with E-state index in [0.29, 0.717) is 16.5 Å². The van der Waals surface area contributed by atoms with Crippen molar-refractivity contribution in [3.8, 4) is 11.5 Å². The van der Waals surface area contributed by atoms with Crippen LogP contribution in [0.4, 0.5) is 0 Å². The molecule has 1 aliphatic heterocycles. The fourth-order valence-corrected chi connectivity index (χ4v) is 3.19. The van der Waals surface area contributed by atoms with Crippen LogP contribution in [0.1, 0.15) is 45.1 Å². The van der Waals surface area contributed by atoms with Crippen LogP contribution in [-0.2, 0) is 10.2 Å². The quantitative estimate of drug-likeness (QED) is 0.923. The summed E-state index contributed by atoms with van der Waals surface area (Å²) in [6.45, 7) is 3.73. The molecule has 2 aliphatic rings. The van der Waals surface area contributed by atoms with E-state index in [9.17, 15) is 4.79 Å². The van der Waals surface area contributed by atoms with Crippen LogP contribution >= 0.6 is 11.6 Å². The minimum atomic E-state index is -0.848. The molecule has 1 N–H and O–H groups in total. The molecule has 0 bridgehead atoms. The zero-order valence-electron chi connectivity index (χ0n) is 11.5. The first-order valence-electron chi connectivity index (χ1n) is 6.75. The maximum atomic E-state index is 11.0. The number of fused-ring (bicyclic) bond motifs is 1. The van der Waals surface area contributed by atoms with E-state index in [1.54, 1.807) is 6.07 Å². The molecule has 5 heteroatoms. The van der Waals surface area contributed by atoms with Gasteiger partial charge in [-0.3, -0.25) is 4.79 Å². The van der Waals surface area contributed by atoms with Crippen molar-refractivity contribution in [1.82, 2.24) is 0 Å². The lowest BCUT2D eigenvalue weighted by molar-refractivity contribution is -0.139. The number of ether oxygens (including phenoxy) is 2. The summed E-state index contributed by atoms with van der Waals surface area (Å²) >= 11 is 6.30. The van der Waals surface area contributed by atoms with Crippen molar-refractivity contribution in [2.24, 2.45) is 0 Å². The zero-order chi connectivity index (χ0) is 14.5. The highest BCUT2D eigenvalue weighted by Crippen LogP contribution is 2.51. The van der Waals surface area contributed by atoms with E-state index in [1.807, 2.05) is 19.9 Å². The standard InChI is InChI=1S/C15H17ClO4/c1-14(2,8-13(17)18)9-6-11-12(7-10(9)16)20-15(19-11)4-3-5-15/h6-7H,3-5,8H2,1-2H3,(H,17,18). The number of aliphatic carboxylic acids is 1. The van der Waals surface area contributed by atoms with E-state index in [4.69, 9.17) is 26.2 Å². The minimum Gasteiger partial charge on any atom is -0.481 e. The third-order valence-corrected chi connectivity index (χ3v) is 4.38. The van der Waals surface area contributed by atoms with Crippen molar-refractivity contribution < 1.29 is 19.4 Å². The van der Waals surface area contributed by atoms with Crippen molar-refractivity contribution in [3.63, 3.8) is 0 Å². The normalized spacial score (nSPS) is 18.9. The van der Waals surface area contributed by atoms with Gasteiger partial charge < -0.3 is 14.6 Å². The Bertz CT molecular complexity index is 575. The van der Waals surface area contributed by atoms with Crippen molar-refractivity contribution in [2.45, 2.75) is 50.7 Å². The summed E-state index contributed by atoms with van der Waals surface area (Å²) < 4.78 is 11.7. The Morgan fingerprint density at radius 3 is 2.45 bits per heavy atom. The summed E-state index contributed by atoms with van der Waals surface area (Å²) in [6.07, 6.45) is 2.87. The lowest BCUT2D eigenvalue weighted by atomic mass is 9.81. The highest BCUT2D eigenvalue weighted by atomic mass is 35.5. The molecule has 0 aromatic heterocycles. The van der Waals surface area contributed by atoms with Crippen LogP contribution in [0, 0.1) is 0 Å². The van der Waals surface area contributed by atoms with Crippen LogP contribution in [0.2, 0.25) is 5.02 Å². The summed E-state index contributed by atoms with van der Waals surface area (Å²) in [5.74, 6) is -0.0207. The highest BCUT2D eigenvalue weighted by molar-refractivity contribution is 6.31. The molecule has 20 heavy (non-hydrogen) atoms. The number of benzene rings is 1. The first-order chi connectivity index (χ1) is 9.31. The first-order valence-corrected chi connectivity index (χ1v) is 7.13. The van der Waals surface area contributed by atoms with Crippen molar-refractivity contribution in [2.75, 3.05) is 0 Å². The van der Waals surface area contributed by atoms with Gasteiger partial charge in [0.1, 0.15) is 0 Å². The Kier molecular flexibility index (Phi) is 2.91. The van der Waals surface area contributed by atoms with Crippen molar-refractivity contribution >= 4 is 17.6 Å². The Hall–Kier alpha value is -1.42. The summed E-state index contributed by atoms with van der Waals surface area (Å²) in [5.41, 5.74) is 0.219. The number of hydrogen-bond donors (Lipinski definition) is 1. The minimum absolute atomic E-state index is 0.0114. The average molecular weight is 297 g/mol. The van der Waals surface area contributed by atoms with Gasteiger partial charge in [0.15, 0.2) is 11.5 Å². The monoisotopic (exact) mass is 296 g/mol. The van der Waals surface area contributed by atoms with Crippen LogP contribution in [-0.4, -0.2) is 16.9 Å². The number of rotatable bonds is 3. The molecule has 1 aromatic rings. The molecule has 1 fully saturated rings. The average Bonchev–Trinajstić information content (AvgIpc) is 2.64. The molecule has 0 atom stereocenters. The molecule has 1 aliphatic carbocycles. The Balaban J connectivity index is 1.95. The van der Waals surface area contributed by atoms with Gasteiger partial charge in [-0.2, -0.15) is 0 Å². The van der Waals surface area contributed by atoms with Gasteiger partial charge in [-0.25, -0.2) is 0 Å². The Morgan fingerprint density at radius 1 is 1.35 bits per heavy atom. The Morgan fingerprint density at radius 2 is 1.95 bits per heavy atom. The van der Waals surface area contributed by atoms with Gasteiger partial charge in [0, 0.05) is 29.3 Å². The van der Waals surface area contributed by atoms with E-state index < -0.39 is 17.2 Å². The third kappa shape index (κ3) is 2.12. The molecule has 1 aromatic carbocycles. The molecule has 0 radical (unpaired) electrons. The summed E-state index contributed by atoms with van der Waals surface area (Å²) in [4.78, 5) is 11.0. The van der Waals surface area contributed by atoms with E-state index in [1.165, 1.54) is 0 Å². The fourth-order valence-electron chi connectivity index (χ4n) is 2.78. The van der Waals surface area contributed by atoms with Gasteiger partial charge in [-0.1, -0.05) is 25.4 Å². The Labute approximate surface area is 122 Å². The smallest absolute Gasteiger partial charge is 0.304 e. The number of carbonyl (C=O) groups is 1. The van der Waals surface area contributed by atoms with Gasteiger partial charge in [-0.15, -0.1) is 0 Å². The number of hydrogen-bond acceptors (Lipinski definition) is 3. The molecule has 4 nitrogen and oxygen atoms in total. The second kappa shape index (κ2) is 4.29. The van der Waals surface area contributed by atoms with E-state index in [2.05, 4.69) is 0 Å². The molecule has 0 amide bonds. The summed E-state index contributed by atoms with van der Waals surface area (Å²) in [7, 11) is 0. The van der Waals surface area contributed by atoms with Crippen molar-refractivity contribution in [1.29, 1.82) is 0 Å². The predicted octanol–water partition coefficient (Wildman–Crippen LogP) is 3.74. The van der Waals surface area contributed by atoms with Gasteiger partial charge in [-0.05, 0) is 18.1 Å². The molecule has 1 heterocycles. The number of carboxylic acid groups (broad SMARTS) is 1.